The van der Waals surface area contributed by atoms with E-state index in [0.717, 1.165) is 16.3 Å². The van der Waals surface area contributed by atoms with Crippen molar-refractivity contribution in [3.63, 3.8) is 0 Å². The Hall–Kier alpha value is -1.96. The molecule has 0 saturated carbocycles. The first-order chi connectivity index (χ1) is 10.0. The number of thiazole rings is 1. The average Bonchev–Trinajstić information content (AvgIpc) is 2.80. The van der Waals surface area contributed by atoms with Gasteiger partial charge in [-0.05, 0) is 13.8 Å². The summed E-state index contributed by atoms with van der Waals surface area (Å²) in [7, 11) is 1.48. The van der Waals surface area contributed by atoms with Gasteiger partial charge in [-0.25, -0.2) is 9.78 Å². The Balaban J connectivity index is 2.26. The number of nitrogens with one attached hydrogen (secondary N) is 2. The third kappa shape index (κ3) is 3.57. The van der Waals surface area contributed by atoms with Crippen LogP contribution in [0.4, 0.5) is 9.93 Å². The normalized spacial score (nSPS) is 18.1. The van der Waals surface area contributed by atoms with Crippen molar-refractivity contribution in [1.82, 2.24) is 10.3 Å². The summed E-state index contributed by atoms with van der Waals surface area (Å²) >= 11 is 1.38. The Morgan fingerprint density at radius 2 is 2.33 bits per heavy atom. The molecule has 0 radical (unpaired) electrons. The zero-order valence-corrected chi connectivity index (χ0v) is 13.0. The highest BCUT2D eigenvalue weighted by molar-refractivity contribution is 7.16. The zero-order valence-electron chi connectivity index (χ0n) is 12.2. The standard InChI is InChI=1S/C13H18N4O3S/c1-4-14-12(19)16-13-15-10-6-8(18)5-9(11(10)21-13)7(2)17-20-3/h9H,4-6H2,1-3H3,(H2,14,15,16,19). The maximum atomic E-state index is 11.8. The smallest absolute Gasteiger partial charge is 0.321 e. The van der Waals surface area contributed by atoms with Gasteiger partial charge in [-0.3, -0.25) is 10.1 Å². The SMILES string of the molecule is CCNC(=O)Nc1nc2c(s1)C(C(C)=NOC)CC(=O)C2. The van der Waals surface area contributed by atoms with Crippen LogP contribution in [-0.4, -0.2) is 36.2 Å². The first kappa shape index (κ1) is 15.4. The maximum Gasteiger partial charge on any atom is 0.321 e. The number of hydrogen-bond donors (Lipinski definition) is 2. The van der Waals surface area contributed by atoms with Gasteiger partial charge in [0.25, 0.3) is 0 Å². The van der Waals surface area contributed by atoms with Crippen LogP contribution in [0, 0.1) is 0 Å². The quantitative estimate of drug-likeness (QED) is 0.656. The van der Waals surface area contributed by atoms with Gasteiger partial charge in [0.15, 0.2) is 5.13 Å². The van der Waals surface area contributed by atoms with Crippen LogP contribution in [-0.2, 0) is 16.1 Å². The second-order valence-corrected chi connectivity index (χ2v) is 5.73. The van der Waals surface area contributed by atoms with Crippen LogP contribution in [0.2, 0.25) is 0 Å². The van der Waals surface area contributed by atoms with Crippen molar-refractivity contribution in [2.24, 2.45) is 5.16 Å². The molecule has 21 heavy (non-hydrogen) atoms. The van der Waals surface area contributed by atoms with Crippen molar-refractivity contribution in [2.75, 3.05) is 19.0 Å². The number of carbonyl (C=O) groups excluding carboxylic acids is 2. The van der Waals surface area contributed by atoms with E-state index in [1.165, 1.54) is 18.4 Å². The van der Waals surface area contributed by atoms with E-state index in [2.05, 4.69) is 20.8 Å². The first-order valence-electron chi connectivity index (χ1n) is 6.69. The van der Waals surface area contributed by atoms with Crippen molar-refractivity contribution in [3.05, 3.63) is 10.6 Å². The molecule has 0 aliphatic heterocycles. The number of urea groups is 1. The summed E-state index contributed by atoms with van der Waals surface area (Å²) in [5.41, 5.74) is 1.46. The molecule has 0 saturated heterocycles. The van der Waals surface area contributed by atoms with Gasteiger partial charge in [-0.15, -0.1) is 11.3 Å². The lowest BCUT2D eigenvalue weighted by Gasteiger charge is -2.19. The third-order valence-corrected chi connectivity index (χ3v) is 4.26. The molecule has 0 aromatic carbocycles. The van der Waals surface area contributed by atoms with Crippen LogP contribution >= 0.6 is 11.3 Å². The van der Waals surface area contributed by atoms with Crippen molar-refractivity contribution < 1.29 is 14.4 Å². The molecule has 0 fully saturated rings. The minimum atomic E-state index is -0.297. The lowest BCUT2D eigenvalue weighted by molar-refractivity contribution is -0.118. The van der Waals surface area contributed by atoms with E-state index in [-0.39, 0.29) is 17.7 Å². The topological polar surface area (TPSA) is 92.7 Å². The Morgan fingerprint density at radius 1 is 1.57 bits per heavy atom. The molecule has 1 aromatic heterocycles. The number of nitrogens with zero attached hydrogens (tertiary/aromatic N) is 2. The minimum absolute atomic E-state index is 0.119. The second kappa shape index (κ2) is 6.66. The number of fused-ring (bicyclic) bond motifs is 1. The zero-order chi connectivity index (χ0) is 15.4. The molecule has 0 bridgehead atoms. The largest absolute Gasteiger partial charge is 0.399 e. The molecule has 1 aliphatic carbocycles. The van der Waals surface area contributed by atoms with Crippen molar-refractivity contribution in [3.8, 4) is 0 Å². The highest BCUT2D eigenvalue weighted by Gasteiger charge is 2.31. The maximum absolute atomic E-state index is 11.8. The van der Waals surface area contributed by atoms with Gasteiger partial charge >= 0.3 is 6.03 Å². The van der Waals surface area contributed by atoms with Crippen LogP contribution in [0.1, 0.15) is 36.8 Å². The molecule has 2 rings (SSSR count). The molecular formula is C13H18N4O3S. The summed E-state index contributed by atoms with van der Waals surface area (Å²) in [6.07, 6.45) is 0.703. The molecule has 2 amide bonds. The Bertz CT molecular complexity index is 582. The number of carbonyl (C=O) groups is 2. The Morgan fingerprint density at radius 3 is 3.00 bits per heavy atom. The van der Waals surface area contributed by atoms with Gasteiger partial charge in [-0.1, -0.05) is 5.16 Å². The van der Waals surface area contributed by atoms with E-state index >= 15 is 0 Å². The molecule has 8 heteroatoms. The van der Waals surface area contributed by atoms with Crippen LogP contribution < -0.4 is 10.6 Å². The summed E-state index contributed by atoms with van der Waals surface area (Å²) in [5.74, 6) is -0.00324. The van der Waals surface area contributed by atoms with Crippen LogP contribution in [0.5, 0.6) is 0 Å². The van der Waals surface area contributed by atoms with Gasteiger partial charge in [0.2, 0.25) is 0 Å². The third-order valence-electron chi connectivity index (χ3n) is 3.14. The summed E-state index contributed by atoms with van der Waals surface area (Å²) in [6.45, 7) is 4.20. The molecule has 1 heterocycles. The molecule has 1 unspecified atom stereocenters. The minimum Gasteiger partial charge on any atom is -0.399 e. The summed E-state index contributed by atoms with van der Waals surface area (Å²) in [4.78, 5) is 33.5. The fourth-order valence-electron chi connectivity index (χ4n) is 2.24. The lowest BCUT2D eigenvalue weighted by Crippen LogP contribution is -2.28. The molecule has 1 aromatic rings. The summed E-state index contributed by atoms with van der Waals surface area (Å²) in [6, 6.07) is -0.297. The number of anilines is 1. The fraction of sp³-hybridized carbons (Fsp3) is 0.538. The van der Waals surface area contributed by atoms with E-state index in [1.54, 1.807) is 0 Å². The average molecular weight is 310 g/mol. The summed E-state index contributed by atoms with van der Waals surface area (Å²) < 4.78 is 0. The molecule has 114 valence electrons. The second-order valence-electron chi connectivity index (χ2n) is 4.70. The Labute approximate surface area is 126 Å². The van der Waals surface area contributed by atoms with E-state index in [0.29, 0.717) is 24.5 Å². The van der Waals surface area contributed by atoms with Gasteiger partial charge in [-0.2, -0.15) is 0 Å². The van der Waals surface area contributed by atoms with Crippen molar-refractivity contribution in [2.45, 2.75) is 32.6 Å². The molecule has 1 atom stereocenters. The predicted octanol–water partition coefficient (Wildman–Crippen LogP) is 1.91. The van der Waals surface area contributed by atoms with E-state index in [1.807, 2.05) is 13.8 Å². The number of amides is 2. The summed E-state index contributed by atoms with van der Waals surface area (Å²) in [5, 5.41) is 9.75. The van der Waals surface area contributed by atoms with Gasteiger partial charge in [0.05, 0.1) is 11.4 Å². The number of oxime groups is 1. The van der Waals surface area contributed by atoms with Crippen molar-refractivity contribution >= 4 is 34.0 Å². The van der Waals surface area contributed by atoms with Gasteiger partial charge < -0.3 is 10.2 Å². The number of Topliss-reactive ketones (excluding diaryl/α,β-unsaturated/α-hetero) is 1. The number of ketones is 1. The van der Waals surface area contributed by atoms with E-state index < -0.39 is 0 Å². The number of aromatic nitrogens is 1. The highest BCUT2D eigenvalue weighted by Crippen LogP contribution is 2.37. The number of hydrogen-bond acceptors (Lipinski definition) is 6. The molecule has 7 nitrogen and oxygen atoms in total. The van der Waals surface area contributed by atoms with Gasteiger partial charge in [0, 0.05) is 30.2 Å². The monoisotopic (exact) mass is 310 g/mol. The van der Waals surface area contributed by atoms with Crippen LogP contribution in [0.25, 0.3) is 0 Å². The first-order valence-corrected chi connectivity index (χ1v) is 7.50. The molecular weight excluding hydrogens is 292 g/mol. The molecule has 2 N–H and O–H groups in total. The van der Waals surface area contributed by atoms with E-state index in [9.17, 15) is 9.59 Å². The predicted molar refractivity (Wildman–Crippen MR) is 81.0 cm³/mol. The fourth-order valence-corrected chi connectivity index (χ4v) is 3.38. The molecule has 1 aliphatic rings. The Kier molecular flexibility index (Phi) is 4.89. The van der Waals surface area contributed by atoms with E-state index in [4.69, 9.17) is 4.84 Å². The highest BCUT2D eigenvalue weighted by atomic mass is 32.1. The number of rotatable bonds is 4. The lowest BCUT2D eigenvalue weighted by atomic mass is 9.88. The molecule has 0 spiro atoms. The van der Waals surface area contributed by atoms with Crippen LogP contribution in [0.3, 0.4) is 0 Å². The van der Waals surface area contributed by atoms with Crippen LogP contribution in [0.15, 0.2) is 5.16 Å². The van der Waals surface area contributed by atoms with Crippen molar-refractivity contribution in [1.29, 1.82) is 0 Å². The van der Waals surface area contributed by atoms with Gasteiger partial charge in [0.1, 0.15) is 12.9 Å².